The fourth-order valence-electron chi connectivity index (χ4n) is 5.80. The van der Waals surface area contributed by atoms with E-state index >= 15 is 0 Å². The van der Waals surface area contributed by atoms with Crippen molar-refractivity contribution in [2.24, 2.45) is 5.92 Å². The Balaban J connectivity index is 0. The number of carbonyl (C=O) groups excluding carboxylic acids is 1. The van der Waals surface area contributed by atoms with Crippen LogP contribution in [0.25, 0.3) is 0 Å². The van der Waals surface area contributed by atoms with E-state index in [1.165, 1.54) is 186 Å². The lowest BCUT2D eigenvalue weighted by atomic mass is 10.0. The predicted octanol–water partition coefficient (Wildman–Crippen LogP) is 13.7. The smallest absolute Gasteiger partial charge is 0.305 e. The molecular formula is C40H82O3. The van der Waals surface area contributed by atoms with Crippen LogP contribution in [0.2, 0.25) is 0 Å². The lowest BCUT2D eigenvalue weighted by molar-refractivity contribution is -0.144. The fraction of sp³-hybridized carbons (Fsp3) is 0.975. The summed E-state index contributed by atoms with van der Waals surface area (Å²) in [6, 6.07) is 0. The Morgan fingerprint density at radius 1 is 0.465 bits per heavy atom. The van der Waals surface area contributed by atoms with Gasteiger partial charge < -0.3 is 9.84 Å². The van der Waals surface area contributed by atoms with Crippen molar-refractivity contribution < 1.29 is 14.6 Å². The van der Waals surface area contributed by atoms with Crippen LogP contribution >= 0.6 is 0 Å². The third kappa shape index (κ3) is 46.0. The maximum atomic E-state index is 11.2. The third-order valence-corrected chi connectivity index (χ3v) is 8.72. The van der Waals surface area contributed by atoms with E-state index in [-0.39, 0.29) is 19.2 Å². The molecule has 0 rings (SSSR count). The van der Waals surface area contributed by atoms with Crippen LogP contribution < -0.4 is 0 Å². The molecule has 3 nitrogen and oxygen atoms in total. The number of aliphatic hydroxyl groups is 1. The molecule has 0 aromatic heterocycles. The van der Waals surface area contributed by atoms with Crippen molar-refractivity contribution in [2.75, 3.05) is 13.2 Å². The minimum Gasteiger partial charge on any atom is -0.463 e. The second-order valence-corrected chi connectivity index (χ2v) is 13.8. The number of rotatable bonds is 34. The molecule has 0 saturated heterocycles. The summed E-state index contributed by atoms with van der Waals surface area (Å²) < 4.78 is 4.82. The van der Waals surface area contributed by atoms with Gasteiger partial charge in [0.05, 0.1) is 6.61 Å². The molecule has 260 valence electrons. The van der Waals surface area contributed by atoms with Gasteiger partial charge in [-0.2, -0.15) is 0 Å². The van der Waals surface area contributed by atoms with Gasteiger partial charge in [0.25, 0.3) is 0 Å². The van der Waals surface area contributed by atoms with E-state index < -0.39 is 0 Å². The second kappa shape index (κ2) is 41.4. The minimum absolute atomic E-state index is 0.0797. The monoisotopic (exact) mass is 611 g/mol. The number of unbranched alkanes of at least 4 members (excludes halogenated alkanes) is 28. The zero-order valence-corrected chi connectivity index (χ0v) is 30.4. The Bertz CT molecular complexity index is 472. The quantitative estimate of drug-likeness (QED) is 0.0582. The number of aliphatic hydroxyl groups excluding tert-OH is 1. The van der Waals surface area contributed by atoms with Gasteiger partial charge in [0.15, 0.2) is 0 Å². The zero-order valence-electron chi connectivity index (χ0n) is 30.4. The van der Waals surface area contributed by atoms with E-state index in [1.54, 1.807) is 0 Å². The Morgan fingerprint density at radius 2 is 0.744 bits per heavy atom. The van der Waals surface area contributed by atoms with Gasteiger partial charge in [-0.1, -0.05) is 220 Å². The predicted molar refractivity (Wildman–Crippen MR) is 192 cm³/mol. The van der Waals surface area contributed by atoms with Crippen LogP contribution in [-0.4, -0.2) is 24.3 Å². The standard InChI is InChI=1S/C20H40O3.C20H42/c1-19(2)15-13-11-9-7-5-3-4-6-8-10-12-14-16-20(22)23-18-17-21;1-3-5-7-9-11-13-15-17-19-20-18-16-14-12-10-8-6-4-2/h19,21H,3-18H2,1-2H3;3-20H2,1-2H3. The van der Waals surface area contributed by atoms with Gasteiger partial charge in [0.2, 0.25) is 0 Å². The van der Waals surface area contributed by atoms with Crippen LogP contribution in [0, 0.1) is 5.92 Å². The highest BCUT2D eigenvalue weighted by atomic mass is 16.5. The van der Waals surface area contributed by atoms with Crippen LogP contribution in [-0.2, 0) is 9.53 Å². The number of hydrogen-bond acceptors (Lipinski definition) is 3. The molecule has 0 bridgehead atoms. The first-order valence-corrected chi connectivity index (χ1v) is 19.8. The molecule has 1 N–H and O–H groups in total. The minimum atomic E-state index is -0.174. The lowest BCUT2D eigenvalue weighted by Gasteiger charge is -2.05. The Labute approximate surface area is 272 Å². The summed E-state index contributed by atoms with van der Waals surface area (Å²) in [6.45, 7) is 9.27. The molecule has 0 atom stereocenters. The molecule has 0 unspecified atom stereocenters. The summed E-state index contributed by atoms with van der Waals surface area (Å²) in [5.41, 5.74) is 0. The Morgan fingerprint density at radius 3 is 1.02 bits per heavy atom. The van der Waals surface area contributed by atoms with E-state index in [9.17, 15) is 4.79 Å². The molecule has 0 aromatic carbocycles. The first kappa shape index (κ1) is 44.6. The number of esters is 1. The molecule has 0 aliphatic heterocycles. The van der Waals surface area contributed by atoms with Crippen molar-refractivity contribution in [3.8, 4) is 0 Å². The summed E-state index contributed by atoms with van der Waals surface area (Å²) in [5, 5.41) is 8.54. The van der Waals surface area contributed by atoms with Crippen LogP contribution in [0.4, 0.5) is 0 Å². The Kier molecular flexibility index (Phi) is 42.9. The van der Waals surface area contributed by atoms with Crippen molar-refractivity contribution in [1.82, 2.24) is 0 Å². The maximum absolute atomic E-state index is 11.2. The third-order valence-electron chi connectivity index (χ3n) is 8.72. The van der Waals surface area contributed by atoms with Crippen molar-refractivity contribution in [3.05, 3.63) is 0 Å². The number of hydrogen-bond donors (Lipinski definition) is 1. The normalized spacial score (nSPS) is 11.1. The van der Waals surface area contributed by atoms with Gasteiger partial charge >= 0.3 is 5.97 Å². The maximum Gasteiger partial charge on any atom is 0.305 e. The van der Waals surface area contributed by atoms with Crippen LogP contribution in [0.3, 0.4) is 0 Å². The van der Waals surface area contributed by atoms with Crippen LogP contribution in [0.15, 0.2) is 0 Å². The molecule has 43 heavy (non-hydrogen) atoms. The molecule has 0 fully saturated rings. The summed E-state index contributed by atoms with van der Waals surface area (Å²) in [4.78, 5) is 11.2. The highest BCUT2D eigenvalue weighted by Gasteiger charge is 2.02. The molecule has 0 amide bonds. The van der Waals surface area contributed by atoms with Crippen LogP contribution in [0.1, 0.15) is 233 Å². The van der Waals surface area contributed by atoms with E-state index in [4.69, 9.17) is 9.84 Å². The summed E-state index contributed by atoms with van der Waals surface area (Å²) in [5.74, 6) is 0.689. The van der Waals surface area contributed by atoms with Crippen molar-refractivity contribution >= 4 is 5.97 Å². The molecule has 0 aliphatic rings. The van der Waals surface area contributed by atoms with Gasteiger partial charge in [0, 0.05) is 6.42 Å². The van der Waals surface area contributed by atoms with Gasteiger partial charge in [-0.25, -0.2) is 0 Å². The van der Waals surface area contributed by atoms with Gasteiger partial charge in [-0.3, -0.25) is 4.79 Å². The van der Waals surface area contributed by atoms with E-state index in [0.717, 1.165) is 18.8 Å². The van der Waals surface area contributed by atoms with Crippen molar-refractivity contribution in [3.63, 3.8) is 0 Å². The van der Waals surface area contributed by atoms with Gasteiger partial charge in [-0.15, -0.1) is 0 Å². The highest BCUT2D eigenvalue weighted by molar-refractivity contribution is 5.69. The fourth-order valence-corrected chi connectivity index (χ4v) is 5.80. The molecule has 0 spiro atoms. The zero-order chi connectivity index (χ0) is 31.9. The number of carbonyl (C=O) groups is 1. The summed E-state index contributed by atoms with van der Waals surface area (Å²) >= 11 is 0. The molecule has 0 heterocycles. The van der Waals surface area contributed by atoms with Gasteiger partial charge in [0.1, 0.15) is 6.61 Å². The first-order valence-electron chi connectivity index (χ1n) is 19.8. The largest absolute Gasteiger partial charge is 0.463 e. The van der Waals surface area contributed by atoms with E-state index in [0.29, 0.717) is 6.42 Å². The summed E-state index contributed by atoms with van der Waals surface area (Å²) in [6.07, 6.45) is 44.0. The average Bonchev–Trinajstić information content (AvgIpc) is 3.00. The lowest BCUT2D eigenvalue weighted by Crippen LogP contribution is -2.07. The second-order valence-electron chi connectivity index (χ2n) is 13.8. The van der Waals surface area contributed by atoms with Crippen LogP contribution in [0.5, 0.6) is 0 Å². The SMILES string of the molecule is CC(C)CCCCCCCCCCCCCCC(=O)OCCO.CCCCCCCCCCCCCCCCCCCC. The molecule has 0 aliphatic carbocycles. The Hall–Kier alpha value is -0.570. The van der Waals surface area contributed by atoms with Gasteiger partial charge in [-0.05, 0) is 12.3 Å². The molecule has 0 saturated carbocycles. The molecule has 0 aromatic rings. The summed E-state index contributed by atoms with van der Waals surface area (Å²) in [7, 11) is 0. The first-order chi connectivity index (χ1) is 21.1. The highest BCUT2D eigenvalue weighted by Crippen LogP contribution is 2.16. The number of ether oxygens (including phenoxy) is 1. The van der Waals surface area contributed by atoms with Crippen molar-refractivity contribution in [1.29, 1.82) is 0 Å². The molecular weight excluding hydrogens is 528 g/mol. The van der Waals surface area contributed by atoms with E-state index in [1.807, 2.05) is 0 Å². The molecule has 3 heteroatoms. The average molecular weight is 611 g/mol. The molecule has 0 radical (unpaired) electrons. The topological polar surface area (TPSA) is 46.5 Å². The van der Waals surface area contributed by atoms with Crippen molar-refractivity contribution in [2.45, 2.75) is 233 Å². The van der Waals surface area contributed by atoms with E-state index in [2.05, 4.69) is 27.7 Å².